The maximum Gasteiger partial charge on any atom is 0.137 e. The Morgan fingerprint density at radius 2 is 2.25 bits per heavy atom. The van der Waals surface area contributed by atoms with E-state index in [1.165, 1.54) is 6.07 Å². The molecule has 1 unspecified atom stereocenters. The minimum absolute atomic E-state index is 0.113. The molecular formula is C9H11BrFN. The van der Waals surface area contributed by atoms with E-state index in [2.05, 4.69) is 15.9 Å². The Bertz CT molecular complexity index is 273. The van der Waals surface area contributed by atoms with Crippen LogP contribution in [-0.2, 0) is 6.42 Å². The van der Waals surface area contributed by atoms with Gasteiger partial charge in [0.25, 0.3) is 0 Å². The van der Waals surface area contributed by atoms with Crippen LogP contribution in [-0.4, -0.2) is 6.04 Å². The van der Waals surface area contributed by atoms with Gasteiger partial charge in [0.05, 0.1) is 4.47 Å². The molecule has 1 aromatic carbocycles. The molecule has 0 amide bonds. The van der Waals surface area contributed by atoms with Crippen molar-refractivity contribution in [1.29, 1.82) is 0 Å². The maximum atomic E-state index is 12.8. The minimum Gasteiger partial charge on any atom is -0.328 e. The summed E-state index contributed by atoms with van der Waals surface area (Å²) in [6.45, 7) is 1.93. The minimum atomic E-state index is -0.233. The van der Waals surface area contributed by atoms with E-state index in [1.54, 1.807) is 12.1 Å². The molecule has 1 rings (SSSR count). The van der Waals surface area contributed by atoms with Crippen molar-refractivity contribution in [3.05, 3.63) is 34.1 Å². The Balaban J connectivity index is 2.82. The van der Waals surface area contributed by atoms with E-state index in [-0.39, 0.29) is 11.9 Å². The predicted molar refractivity (Wildman–Crippen MR) is 51.5 cm³/mol. The van der Waals surface area contributed by atoms with Gasteiger partial charge in [0.1, 0.15) is 5.82 Å². The normalized spacial score (nSPS) is 13.0. The van der Waals surface area contributed by atoms with Gasteiger partial charge in [-0.3, -0.25) is 0 Å². The molecule has 0 aliphatic carbocycles. The highest BCUT2D eigenvalue weighted by Crippen LogP contribution is 2.17. The van der Waals surface area contributed by atoms with Crippen molar-refractivity contribution >= 4 is 15.9 Å². The third-order valence-electron chi connectivity index (χ3n) is 1.54. The van der Waals surface area contributed by atoms with Crippen molar-refractivity contribution in [1.82, 2.24) is 0 Å². The van der Waals surface area contributed by atoms with E-state index < -0.39 is 0 Å². The van der Waals surface area contributed by atoms with Crippen molar-refractivity contribution in [2.45, 2.75) is 19.4 Å². The standard InChI is InChI=1S/C9H11BrFN/c1-6(12)4-7-2-3-9(11)8(10)5-7/h2-3,5-6H,4,12H2,1H3. The second-order valence-electron chi connectivity index (χ2n) is 2.93. The topological polar surface area (TPSA) is 26.0 Å². The summed E-state index contributed by atoms with van der Waals surface area (Å²) in [6, 6.07) is 5.08. The van der Waals surface area contributed by atoms with E-state index >= 15 is 0 Å². The zero-order valence-corrected chi connectivity index (χ0v) is 8.44. The Kier molecular flexibility index (Phi) is 3.23. The van der Waals surface area contributed by atoms with Crippen molar-refractivity contribution in [2.75, 3.05) is 0 Å². The van der Waals surface area contributed by atoms with E-state index in [1.807, 2.05) is 6.92 Å². The van der Waals surface area contributed by atoms with Gasteiger partial charge in [-0.15, -0.1) is 0 Å². The van der Waals surface area contributed by atoms with Crippen molar-refractivity contribution < 1.29 is 4.39 Å². The first-order valence-corrected chi connectivity index (χ1v) is 4.58. The zero-order valence-electron chi connectivity index (χ0n) is 6.85. The molecule has 0 saturated heterocycles. The van der Waals surface area contributed by atoms with Gasteiger partial charge in [-0.1, -0.05) is 6.07 Å². The molecule has 0 aliphatic heterocycles. The number of nitrogens with two attached hydrogens (primary N) is 1. The van der Waals surface area contributed by atoms with Gasteiger partial charge in [-0.05, 0) is 47.0 Å². The number of hydrogen-bond donors (Lipinski definition) is 1. The SMILES string of the molecule is CC(N)Cc1ccc(F)c(Br)c1. The fourth-order valence-corrected chi connectivity index (χ4v) is 1.46. The van der Waals surface area contributed by atoms with Crippen LogP contribution < -0.4 is 5.73 Å². The van der Waals surface area contributed by atoms with Gasteiger partial charge in [0, 0.05) is 6.04 Å². The quantitative estimate of drug-likeness (QED) is 0.832. The second kappa shape index (κ2) is 4.01. The predicted octanol–water partition coefficient (Wildman–Crippen LogP) is 2.48. The molecule has 0 aliphatic rings. The van der Waals surface area contributed by atoms with E-state index in [0.717, 1.165) is 12.0 Å². The van der Waals surface area contributed by atoms with Gasteiger partial charge in [-0.2, -0.15) is 0 Å². The van der Waals surface area contributed by atoms with Crippen LogP contribution in [0.5, 0.6) is 0 Å². The second-order valence-corrected chi connectivity index (χ2v) is 3.78. The monoisotopic (exact) mass is 231 g/mol. The molecule has 1 atom stereocenters. The maximum absolute atomic E-state index is 12.8. The van der Waals surface area contributed by atoms with Crippen LogP contribution in [0.4, 0.5) is 4.39 Å². The van der Waals surface area contributed by atoms with Crippen LogP contribution in [0.15, 0.2) is 22.7 Å². The van der Waals surface area contributed by atoms with Gasteiger partial charge in [0.15, 0.2) is 0 Å². The molecule has 0 bridgehead atoms. The molecule has 1 aromatic rings. The van der Waals surface area contributed by atoms with Gasteiger partial charge < -0.3 is 5.73 Å². The zero-order chi connectivity index (χ0) is 9.14. The molecule has 3 heteroatoms. The molecule has 0 aromatic heterocycles. The van der Waals surface area contributed by atoms with Crippen LogP contribution >= 0.6 is 15.9 Å². The highest BCUT2D eigenvalue weighted by Gasteiger charge is 2.01. The first-order chi connectivity index (χ1) is 5.59. The van der Waals surface area contributed by atoms with Crippen LogP contribution in [0, 0.1) is 5.82 Å². The molecule has 12 heavy (non-hydrogen) atoms. The molecule has 1 nitrogen and oxygen atoms in total. The molecule has 66 valence electrons. The molecule has 0 spiro atoms. The lowest BCUT2D eigenvalue weighted by atomic mass is 10.1. The third-order valence-corrected chi connectivity index (χ3v) is 2.15. The largest absolute Gasteiger partial charge is 0.328 e. The molecular weight excluding hydrogens is 221 g/mol. The van der Waals surface area contributed by atoms with Gasteiger partial charge in [0.2, 0.25) is 0 Å². The van der Waals surface area contributed by atoms with Gasteiger partial charge >= 0.3 is 0 Å². The van der Waals surface area contributed by atoms with Crippen LogP contribution in [0.25, 0.3) is 0 Å². The Hall–Kier alpha value is -0.410. The average molecular weight is 232 g/mol. The summed E-state index contributed by atoms with van der Waals surface area (Å²) in [5.41, 5.74) is 6.66. The Morgan fingerprint density at radius 1 is 1.58 bits per heavy atom. The lowest BCUT2D eigenvalue weighted by molar-refractivity contribution is 0.619. The molecule has 0 heterocycles. The number of hydrogen-bond acceptors (Lipinski definition) is 1. The molecule has 0 saturated carbocycles. The number of halogens is 2. The highest BCUT2D eigenvalue weighted by atomic mass is 79.9. The van der Waals surface area contributed by atoms with Crippen LogP contribution in [0.2, 0.25) is 0 Å². The summed E-state index contributed by atoms with van der Waals surface area (Å²) < 4.78 is 13.3. The highest BCUT2D eigenvalue weighted by molar-refractivity contribution is 9.10. The Labute approximate surface area is 79.9 Å². The summed E-state index contributed by atoms with van der Waals surface area (Å²) in [7, 11) is 0. The first-order valence-electron chi connectivity index (χ1n) is 3.79. The lowest BCUT2D eigenvalue weighted by Crippen LogP contribution is -2.17. The van der Waals surface area contributed by atoms with Crippen LogP contribution in [0.3, 0.4) is 0 Å². The summed E-state index contributed by atoms with van der Waals surface area (Å²) in [4.78, 5) is 0. The van der Waals surface area contributed by atoms with E-state index in [9.17, 15) is 4.39 Å². The summed E-state index contributed by atoms with van der Waals surface area (Å²) in [6.07, 6.45) is 0.777. The summed E-state index contributed by atoms with van der Waals surface area (Å²) in [5.74, 6) is -0.233. The fraction of sp³-hybridized carbons (Fsp3) is 0.333. The third kappa shape index (κ3) is 2.57. The number of benzene rings is 1. The fourth-order valence-electron chi connectivity index (χ4n) is 1.04. The van der Waals surface area contributed by atoms with Gasteiger partial charge in [-0.25, -0.2) is 4.39 Å². The van der Waals surface area contributed by atoms with E-state index in [4.69, 9.17) is 5.73 Å². The van der Waals surface area contributed by atoms with Crippen molar-refractivity contribution in [3.63, 3.8) is 0 Å². The molecule has 0 fully saturated rings. The lowest BCUT2D eigenvalue weighted by Gasteiger charge is -2.05. The smallest absolute Gasteiger partial charge is 0.137 e. The molecule has 2 N–H and O–H groups in total. The van der Waals surface area contributed by atoms with Crippen LogP contribution in [0.1, 0.15) is 12.5 Å². The summed E-state index contributed by atoms with van der Waals surface area (Å²) in [5, 5.41) is 0. The average Bonchev–Trinajstić information content (AvgIpc) is 1.96. The molecule has 0 radical (unpaired) electrons. The van der Waals surface area contributed by atoms with Crippen molar-refractivity contribution in [3.8, 4) is 0 Å². The number of rotatable bonds is 2. The first kappa shape index (κ1) is 9.68. The summed E-state index contributed by atoms with van der Waals surface area (Å²) >= 11 is 3.12. The van der Waals surface area contributed by atoms with E-state index in [0.29, 0.717) is 4.47 Å². The van der Waals surface area contributed by atoms with Crippen molar-refractivity contribution in [2.24, 2.45) is 5.73 Å². The Morgan fingerprint density at radius 3 is 2.75 bits per heavy atom.